The lowest BCUT2D eigenvalue weighted by Crippen LogP contribution is -2.28. The number of rotatable bonds is 4. The van der Waals surface area contributed by atoms with Gasteiger partial charge in [0.2, 0.25) is 8.32 Å². The van der Waals surface area contributed by atoms with Gasteiger partial charge >= 0.3 is 0 Å². The van der Waals surface area contributed by atoms with Crippen LogP contribution in [0.3, 0.4) is 0 Å². The van der Waals surface area contributed by atoms with E-state index in [1.54, 1.807) is 0 Å². The lowest BCUT2D eigenvalue weighted by molar-refractivity contribution is -0.155. The third-order valence-electron chi connectivity index (χ3n) is 2.77. The van der Waals surface area contributed by atoms with Crippen molar-refractivity contribution in [2.24, 2.45) is 0 Å². The zero-order chi connectivity index (χ0) is 11.3. The smallest absolute Gasteiger partial charge is 0.209 e. The first-order chi connectivity index (χ1) is 7.00. The van der Waals surface area contributed by atoms with Crippen molar-refractivity contribution in [1.82, 2.24) is 0 Å². The topological polar surface area (TPSA) is 38.7 Å². The standard InChI is InChI=1S/C11H22O3Si/c1-10(15(2,3)12)7-9-14-11-6-4-5-8-13-11/h7,11-12H,4-6,8-9H2,1-3H3/b10-7+. The molecule has 0 amide bonds. The fraction of sp³-hybridized carbons (Fsp3) is 0.818. The molecular formula is C11H22O3Si. The van der Waals surface area contributed by atoms with Gasteiger partial charge in [0.1, 0.15) is 0 Å². The van der Waals surface area contributed by atoms with Gasteiger partial charge in [0.15, 0.2) is 6.29 Å². The molecule has 0 bridgehead atoms. The lowest BCUT2D eigenvalue weighted by atomic mass is 10.2. The molecule has 0 spiro atoms. The van der Waals surface area contributed by atoms with Gasteiger partial charge in [-0.25, -0.2) is 0 Å². The summed E-state index contributed by atoms with van der Waals surface area (Å²) < 4.78 is 11.0. The van der Waals surface area contributed by atoms with Crippen LogP contribution in [0, 0.1) is 0 Å². The molecule has 1 unspecified atom stereocenters. The third kappa shape index (κ3) is 4.93. The van der Waals surface area contributed by atoms with Gasteiger partial charge in [-0.3, -0.25) is 0 Å². The molecule has 1 fully saturated rings. The monoisotopic (exact) mass is 230 g/mol. The summed E-state index contributed by atoms with van der Waals surface area (Å²) in [7, 11) is -2.11. The van der Waals surface area contributed by atoms with Crippen molar-refractivity contribution in [3.63, 3.8) is 0 Å². The summed E-state index contributed by atoms with van der Waals surface area (Å²) in [5.41, 5.74) is 0. The highest BCUT2D eigenvalue weighted by molar-refractivity contribution is 6.77. The van der Waals surface area contributed by atoms with Crippen molar-refractivity contribution in [3.8, 4) is 0 Å². The van der Waals surface area contributed by atoms with Crippen LogP contribution in [0.5, 0.6) is 0 Å². The number of ether oxygens (including phenoxy) is 2. The van der Waals surface area contributed by atoms with Crippen molar-refractivity contribution in [2.75, 3.05) is 13.2 Å². The maximum Gasteiger partial charge on any atom is 0.209 e. The van der Waals surface area contributed by atoms with Gasteiger partial charge in [-0.2, -0.15) is 0 Å². The molecule has 0 aromatic heterocycles. The first-order valence-electron chi connectivity index (χ1n) is 5.63. The van der Waals surface area contributed by atoms with Crippen molar-refractivity contribution >= 4 is 8.32 Å². The summed E-state index contributed by atoms with van der Waals surface area (Å²) in [6, 6.07) is 0. The number of hydrogen-bond acceptors (Lipinski definition) is 3. The summed E-state index contributed by atoms with van der Waals surface area (Å²) in [5, 5.41) is 1.07. The van der Waals surface area contributed by atoms with Crippen LogP contribution in [0.25, 0.3) is 0 Å². The van der Waals surface area contributed by atoms with E-state index < -0.39 is 8.32 Å². The number of hydrogen-bond donors (Lipinski definition) is 1. The summed E-state index contributed by atoms with van der Waals surface area (Å²) in [6.45, 7) is 7.16. The van der Waals surface area contributed by atoms with Crippen LogP contribution < -0.4 is 0 Å². The summed E-state index contributed by atoms with van der Waals surface area (Å²) >= 11 is 0. The molecule has 1 N–H and O–H groups in total. The summed E-state index contributed by atoms with van der Waals surface area (Å²) in [5.74, 6) is 0. The summed E-state index contributed by atoms with van der Waals surface area (Å²) in [4.78, 5) is 9.81. The Morgan fingerprint density at radius 3 is 2.80 bits per heavy atom. The van der Waals surface area contributed by atoms with Crippen molar-refractivity contribution in [1.29, 1.82) is 0 Å². The molecule has 1 aliphatic heterocycles. The van der Waals surface area contributed by atoms with E-state index in [9.17, 15) is 4.80 Å². The molecule has 3 nitrogen and oxygen atoms in total. The Labute approximate surface area is 93.2 Å². The van der Waals surface area contributed by atoms with Crippen molar-refractivity contribution in [2.45, 2.75) is 45.6 Å². The second-order valence-corrected chi connectivity index (χ2v) is 8.48. The fourth-order valence-electron chi connectivity index (χ4n) is 1.37. The van der Waals surface area contributed by atoms with E-state index in [1.807, 2.05) is 26.1 Å². The van der Waals surface area contributed by atoms with Gasteiger partial charge < -0.3 is 14.3 Å². The van der Waals surface area contributed by atoms with E-state index in [0.29, 0.717) is 6.61 Å². The first-order valence-corrected chi connectivity index (χ1v) is 8.57. The van der Waals surface area contributed by atoms with Crippen LogP contribution in [0.15, 0.2) is 11.3 Å². The van der Waals surface area contributed by atoms with Crippen molar-refractivity contribution < 1.29 is 14.3 Å². The van der Waals surface area contributed by atoms with Gasteiger partial charge in [-0.05, 0) is 39.3 Å². The summed E-state index contributed by atoms with van der Waals surface area (Å²) in [6.07, 6.45) is 5.27. The third-order valence-corrected chi connectivity index (χ3v) is 4.91. The molecule has 15 heavy (non-hydrogen) atoms. The van der Waals surface area contributed by atoms with Crippen LogP contribution in [0.2, 0.25) is 13.1 Å². The van der Waals surface area contributed by atoms with Gasteiger partial charge in [0.05, 0.1) is 6.61 Å². The minimum Gasteiger partial charge on any atom is -0.428 e. The molecular weight excluding hydrogens is 208 g/mol. The van der Waals surface area contributed by atoms with E-state index >= 15 is 0 Å². The van der Waals surface area contributed by atoms with Crippen molar-refractivity contribution in [3.05, 3.63) is 11.3 Å². The van der Waals surface area contributed by atoms with Crippen LogP contribution in [0.1, 0.15) is 26.2 Å². The van der Waals surface area contributed by atoms with E-state index in [1.165, 1.54) is 6.42 Å². The van der Waals surface area contributed by atoms with E-state index in [-0.39, 0.29) is 6.29 Å². The predicted molar refractivity (Wildman–Crippen MR) is 63.0 cm³/mol. The number of allylic oxidation sites excluding steroid dienone is 1. The average Bonchev–Trinajstić information content (AvgIpc) is 2.18. The van der Waals surface area contributed by atoms with E-state index in [4.69, 9.17) is 9.47 Å². The Hall–Kier alpha value is -0.163. The van der Waals surface area contributed by atoms with Crippen LogP contribution in [0.4, 0.5) is 0 Å². The van der Waals surface area contributed by atoms with Crippen LogP contribution in [-0.4, -0.2) is 32.6 Å². The Kier molecular flexibility index (Phi) is 4.98. The molecule has 0 aromatic carbocycles. The molecule has 1 rings (SSSR count). The van der Waals surface area contributed by atoms with E-state index in [2.05, 4.69) is 0 Å². The molecule has 0 radical (unpaired) electrons. The SMILES string of the molecule is C/C(=C\COC1CCCCO1)[Si](C)(C)O. The quantitative estimate of drug-likeness (QED) is 0.753. The zero-order valence-corrected chi connectivity index (χ0v) is 11.0. The molecule has 4 heteroatoms. The predicted octanol–water partition coefficient (Wildman–Crippen LogP) is 2.21. The molecule has 0 aliphatic carbocycles. The van der Waals surface area contributed by atoms with Crippen LogP contribution in [-0.2, 0) is 9.47 Å². The molecule has 0 aromatic rings. The molecule has 1 heterocycles. The first kappa shape index (κ1) is 12.9. The Balaban J connectivity index is 2.25. The minimum absolute atomic E-state index is 0.0359. The normalized spacial score (nSPS) is 24.3. The molecule has 1 atom stereocenters. The largest absolute Gasteiger partial charge is 0.428 e. The highest BCUT2D eigenvalue weighted by Gasteiger charge is 2.19. The highest BCUT2D eigenvalue weighted by atomic mass is 28.4. The van der Waals surface area contributed by atoms with Gasteiger partial charge in [-0.1, -0.05) is 11.3 Å². The minimum atomic E-state index is -2.11. The Bertz CT molecular complexity index is 214. The van der Waals surface area contributed by atoms with Gasteiger partial charge in [-0.15, -0.1) is 0 Å². The fourth-order valence-corrected chi connectivity index (χ4v) is 1.96. The Morgan fingerprint density at radius 1 is 1.53 bits per heavy atom. The zero-order valence-electron chi connectivity index (χ0n) is 9.95. The maximum atomic E-state index is 9.81. The molecule has 1 aliphatic rings. The average molecular weight is 230 g/mol. The highest BCUT2D eigenvalue weighted by Crippen LogP contribution is 2.14. The van der Waals surface area contributed by atoms with Gasteiger partial charge in [0, 0.05) is 6.61 Å². The second-order valence-electron chi connectivity index (χ2n) is 4.58. The maximum absolute atomic E-state index is 9.81. The second kappa shape index (κ2) is 5.79. The molecule has 1 saturated heterocycles. The van der Waals surface area contributed by atoms with E-state index in [0.717, 1.165) is 24.6 Å². The lowest BCUT2D eigenvalue weighted by Gasteiger charge is -2.22. The van der Waals surface area contributed by atoms with Crippen LogP contribution >= 0.6 is 0 Å². The van der Waals surface area contributed by atoms with Gasteiger partial charge in [0.25, 0.3) is 0 Å². The molecule has 88 valence electrons. The molecule has 0 saturated carbocycles. The Morgan fingerprint density at radius 2 is 2.27 bits per heavy atom.